The number of alkyl halides is 3. The molecule has 0 aliphatic heterocycles. The van der Waals surface area contributed by atoms with Crippen molar-refractivity contribution in [3.8, 4) is 11.5 Å². The summed E-state index contributed by atoms with van der Waals surface area (Å²) in [6.45, 7) is 8.55. The molecule has 3 rings (SSSR count). The second-order valence-corrected chi connectivity index (χ2v) is 8.13. The monoisotopic (exact) mass is 477 g/mol. The molecule has 0 bridgehead atoms. The van der Waals surface area contributed by atoms with Crippen molar-refractivity contribution in [1.29, 1.82) is 0 Å². The Labute approximate surface area is 197 Å². The minimum absolute atomic E-state index is 0.218. The van der Waals surface area contributed by atoms with E-state index < -0.39 is 17.8 Å². The summed E-state index contributed by atoms with van der Waals surface area (Å²) in [7, 11) is 1.55. The van der Waals surface area contributed by atoms with Crippen LogP contribution in [0.2, 0.25) is 0 Å². The van der Waals surface area contributed by atoms with Gasteiger partial charge in [0.25, 0.3) is 0 Å². The third-order valence-electron chi connectivity index (χ3n) is 5.19. The lowest BCUT2D eigenvalue weighted by molar-refractivity contribution is -0.137. The Morgan fingerprint density at radius 1 is 1.06 bits per heavy atom. The maximum atomic E-state index is 13.2. The topological polar surface area (TPSA) is 65.5 Å². The maximum absolute atomic E-state index is 13.2. The summed E-state index contributed by atoms with van der Waals surface area (Å²) in [5.41, 5.74) is 0.429. The average molecular weight is 478 g/mol. The molecule has 0 fully saturated rings. The van der Waals surface area contributed by atoms with E-state index in [0.29, 0.717) is 52.8 Å². The summed E-state index contributed by atoms with van der Waals surface area (Å²) in [6, 6.07) is 8.36. The van der Waals surface area contributed by atoms with Crippen LogP contribution in [0.1, 0.15) is 50.2 Å². The number of halogens is 3. The molecular weight excluding hydrogens is 447 g/mol. The first kappa shape index (κ1) is 25.6. The number of anilines is 1. The van der Waals surface area contributed by atoms with Gasteiger partial charge in [0.15, 0.2) is 11.5 Å². The average Bonchev–Trinajstić information content (AvgIpc) is 2.78. The van der Waals surface area contributed by atoms with Crippen molar-refractivity contribution in [2.45, 2.75) is 52.4 Å². The first-order chi connectivity index (χ1) is 16.1. The number of fused-ring (bicyclic) bond motifs is 1. The van der Waals surface area contributed by atoms with Crippen molar-refractivity contribution in [1.82, 2.24) is 9.97 Å². The summed E-state index contributed by atoms with van der Waals surface area (Å²) >= 11 is 0. The van der Waals surface area contributed by atoms with Gasteiger partial charge in [0.1, 0.15) is 17.7 Å². The smallest absolute Gasteiger partial charge is 0.416 e. The molecule has 1 unspecified atom stereocenters. The number of rotatable bonds is 10. The normalized spacial score (nSPS) is 13.5. The molecule has 0 saturated heterocycles. The zero-order chi connectivity index (χ0) is 24.9. The third-order valence-corrected chi connectivity index (χ3v) is 5.19. The van der Waals surface area contributed by atoms with E-state index in [1.165, 1.54) is 6.07 Å². The van der Waals surface area contributed by atoms with Crippen LogP contribution < -0.4 is 14.8 Å². The molecule has 0 aliphatic carbocycles. The molecular formula is C25H30F3N3O3. The van der Waals surface area contributed by atoms with Crippen molar-refractivity contribution >= 4 is 16.7 Å². The molecule has 34 heavy (non-hydrogen) atoms. The molecule has 6 nitrogen and oxygen atoms in total. The van der Waals surface area contributed by atoms with Crippen LogP contribution >= 0.6 is 0 Å². The molecule has 9 heteroatoms. The highest BCUT2D eigenvalue weighted by Gasteiger charge is 2.30. The highest BCUT2D eigenvalue weighted by molar-refractivity contribution is 5.92. The fourth-order valence-corrected chi connectivity index (χ4v) is 3.53. The molecule has 0 aliphatic rings. The van der Waals surface area contributed by atoms with Crippen LogP contribution in [0.5, 0.6) is 11.5 Å². The van der Waals surface area contributed by atoms with Gasteiger partial charge in [0, 0.05) is 24.1 Å². The van der Waals surface area contributed by atoms with Crippen LogP contribution in [0.3, 0.4) is 0 Å². The number of hydrogen-bond donors (Lipinski definition) is 1. The summed E-state index contributed by atoms with van der Waals surface area (Å²) in [5, 5.41) is 3.91. The van der Waals surface area contributed by atoms with E-state index in [0.717, 1.165) is 18.6 Å². The Morgan fingerprint density at radius 2 is 1.82 bits per heavy atom. The van der Waals surface area contributed by atoms with Crippen LogP contribution in [0.15, 0.2) is 36.4 Å². The van der Waals surface area contributed by atoms with Gasteiger partial charge in [-0.1, -0.05) is 19.1 Å². The van der Waals surface area contributed by atoms with Gasteiger partial charge in [-0.2, -0.15) is 13.2 Å². The summed E-state index contributed by atoms with van der Waals surface area (Å²) in [5.74, 6) is 2.03. The minimum atomic E-state index is -4.41. The lowest BCUT2D eigenvalue weighted by Crippen LogP contribution is -2.19. The van der Waals surface area contributed by atoms with Gasteiger partial charge in [0.05, 0.1) is 24.8 Å². The number of nitrogens with one attached hydrogen (secondary N) is 1. The maximum Gasteiger partial charge on any atom is 0.416 e. The van der Waals surface area contributed by atoms with Crippen molar-refractivity contribution in [3.63, 3.8) is 0 Å². The number of aryl methyl sites for hydroxylation is 1. The molecule has 3 aromatic rings. The summed E-state index contributed by atoms with van der Waals surface area (Å²) < 4.78 is 56.6. The van der Waals surface area contributed by atoms with Gasteiger partial charge in [-0.25, -0.2) is 9.97 Å². The molecule has 184 valence electrons. The van der Waals surface area contributed by atoms with Gasteiger partial charge in [-0.15, -0.1) is 0 Å². The number of hydrogen-bond acceptors (Lipinski definition) is 6. The van der Waals surface area contributed by atoms with Crippen LogP contribution in [0, 0.1) is 6.92 Å². The molecule has 0 radical (unpaired) electrons. The van der Waals surface area contributed by atoms with Crippen LogP contribution in [0.4, 0.5) is 19.0 Å². The summed E-state index contributed by atoms with van der Waals surface area (Å²) in [4.78, 5) is 9.00. The molecule has 1 heterocycles. The Morgan fingerprint density at radius 3 is 2.50 bits per heavy atom. The molecule has 0 amide bonds. The van der Waals surface area contributed by atoms with Gasteiger partial charge >= 0.3 is 6.18 Å². The first-order valence-electron chi connectivity index (χ1n) is 11.2. The van der Waals surface area contributed by atoms with E-state index in [-0.39, 0.29) is 6.10 Å². The van der Waals surface area contributed by atoms with E-state index in [1.807, 2.05) is 13.8 Å². The Balaban J connectivity index is 1.94. The van der Waals surface area contributed by atoms with Gasteiger partial charge in [-0.3, -0.25) is 0 Å². The Kier molecular flexibility index (Phi) is 8.19. The van der Waals surface area contributed by atoms with Crippen molar-refractivity contribution in [2.24, 2.45) is 0 Å². The number of methoxy groups -OCH3 is 1. The predicted octanol–water partition coefficient (Wildman–Crippen LogP) is 6.33. The second-order valence-electron chi connectivity index (χ2n) is 8.13. The molecule has 2 aromatic carbocycles. The van der Waals surface area contributed by atoms with Gasteiger partial charge < -0.3 is 19.5 Å². The molecule has 1 aromatic heterocycles. The lowest BCUT2D eigenvalue weighted by Gasteiger charge is -2.20. The SMILES string of the molecule is CCCOCC(C)Oc1cc2c(N[C@H](C)c3cccc(C(F)(F)F)c3)nc(C)nc2cc1OC. The fourth-order valence-electron chi connectivity index (χ4n) is 3.53. The van der Waals surface area contributed by atoms with Gasteiger partial charge in [0.2, 0.25) is 0 Å². The molecule has 1 N–H and O–H groups in total. The van der Waals surface area contributed by atoms with Crippen LogP contribution in [-0.2, 0) is 10.9 Å². The third kappa shape index (κ3) is 6.28. The quantitative estimate of drug-likeness (QED) is 0.344. The van der Waals surface area contributed by atoms with Crippen molar-refractivity contribution in [3.05, 3.63) is 53.3 Å². The van der Waals surface area contributed by atoms with Crippen molar-refractivity contribution < 1.29 is 27.4 Å². The molecule has 2 atom stereocenters. The van der Waals surface area contributed by atoms with Crippen LogP contribution in [-0.4, -0.2) is 36.4 Å². The van der Waals surface area contributed by atoms with Gasteiger partial charge in [-0.05, 0) is 51.0 Å². The highest BCUT2D eigenvalue weighted by atomic mass is 19.4. The first-order valence-corrected chi connectivity index (χ1v) is 11.2. The second kappa shape index (κ2) is 10.9. The highest BCUT2D eigenvalue weighted by Crippen LogP contribution is 2.36. The van der Waals surface area contributed by atoms with E-state index in [2.05, 4.69) is 15.3 Å². The Hall–Kier alpha value is -3.07. The van der Waals surface area contributed by atoms with E-state index in [4.69, 9.17) is 14.2 Å². The number of aromatic nitrogens is 2. The largest absolute Gasteiger partial charge is 0.493 e. The zero-order valence-corrected chi connectivity index (χ0v) is 20.0. The number of nitrogens with zero attached hydrogens (tertiary/aromatic N) is 2. The Bertz CT molecular complexity index is 1120. The predicted molar refractivity (Wildman–Crippen MR) is 126 cm³/mol. The minimum Gasteiger partial charge on any atom is -0.493 e. The van der Waals surface area contributed by atoms with E-state index >= 15 is 0 Å². The van der Waals surface area contributed by atoms with E-state index in [1.54, 1.807) is 39.2 Å². The standard InChI is InChI=1S/C25H30F3N3O3/c1-6-10-33-14-15(2)34-23-12-20-21(13-22(23)32-5)30-17(4)31-24(20)29-16(3)18-8-7-9-19(11-18)25(26,27)28/h7-9,11-13,15-16H,6,10,14H2,1-5H3,(H,29,30,31)/t15?,16-/m1/s1. The fraction of sp³-hybridized carbons (Fsp3) is 0.440. The van der Waals surface area contributed by atoms with Crippen LogP contribution in [0.25, 0.3) is 10.9 Å². The summed E-state index contributed by atoms with van der Waals surface area (Å²) in [6.07, 6.45) is -3.71. The zero-order valence-electron chi connectivity index (χ0n) is 20.0. The molecule has 0 saturated carbocycles. The number of ether oxygens (including phenoxy) is 3. The van der Waals surface area contributed by atoms with E-state index in [9.17, 15) is 13.2 Å². The molecule has 0 spiro atoms. The van der Waals surface area contributed by atoms with Crippen molar-refractivity contribution in [2.75, 3.05) is 25.6 Å². The number of benzene rings is 2. The lowest BCUT2D eigenvalue weighted by atomic mass is 10.0.